The summed E-state index contributed by atoms with van der Waals surface area (Å²) in [5.41, 5.74) is 1.83. The van der Waals surface area contributed by atoms with Crippen LogP contribution >= 0.6 is 24.0 Å². The molecular formula is C21H33IN6O. The van der Waals surface area contributed by atoms with Crippen LogP contribution in [0.25, 0.3) is 11.5 Å². The van der Waals surface area contributed by atoms with E-state index in [0.717, 1.165) is 56.5 Å². The number of oxazole rings is 1. The third-order valence-electron chi connectivity index (χ3n) is 5.28. The minimum atomic E-state index is 0. The van der Waals surface area contributed by atoms with E-state index in [-0.39, 0.29) is 24.0 Å². The predicted octanol–water partition coefficient (Wildman–Crippen LogP) is 2.65. The first-order valence-corrected chi connectivity index (χ1v) is 10.1. The molecule has 1 unspecified atom stereocenters. The van der Waals surface area contributed by atoms with Crippen molar-refractivity contribution in [2.45, 2.75) is 26.4 Å². The zero-order valence-corrected chi connectivity index (χ0v) is 19.9. The molecule has 1 aromatic carbocycles. The summed E-state index contributed by atoms with van der Waals surface area (Å²) in [6, 6.07) is 10.4. The van der Waals surface area contributed by atoms with Crippen LogP contribution in [0.4, 0.5) is 0 Å². The van der Waals surface area contributed by atoms with Gasteiger partial charge in [0.25, 0.3) is 0 Å². The van der Waals surface area contributed by atoms with Gasteiger partial charge in [0.2, 0.25) is 5.89 Å². The number of likely N-dealkylation sites (N-methyl/N-ethyl adjacent to an activating group) is 1. The number of hydrogen-bond donors (Lipinski definition) is 2. The molecule has 1 aliphatic heterocycles. The number of nitrogens with zero attached hydrogens (tertiary/aromatic N) is 4. The summed E-state index contributed by atoms with van der Waals surface area (Å²) in [6.07, 6.45) is 1.69. The third kappa shape index (κ3) is 6.97. The van der Waals surface area contributed by atoms with Gasteiger partial charge in [0, 0.05) is 51.4 Å². The minimum absolute atomic E-state index is 0. The zero-order chi connectivity index (χ0) is 19.8. The molecule has 160 valence electrons. The Morgan fingerprint density at radius 2 is 1.90 bits per heavy atom. The van der Waals surface area contributed by atoms with Gasteiger partial charge in [-0.15, -0.1) is 24.0 Å². The minimum Gasteiger partial charge on any atom is -0.444 e. The molecule has 29 heavy (non-hydrogen) atoms. The van der Waals surface area contributed by atoms with Gasteiger partial charge < -0.3 is 20.0 Å². The number of aliphatic imine (C=N–C) groups is 1. The smallest absolute Gasteiger partial charge is 0.226 e. The highest BCUT2D eigenvalue weighted by Crippen LogP contribution is 2.17. The van der Waals surface area contributed by atoms with Crippen LogP contribution in [-0.2, 0) is 6.54 Å². The van der Waals surface area contributed by atoms with Gasteiger partial charge in [0.1, 0.15) is 6.26 Å². The lowest BCUT2D eigenvalue weighted by molar-refractivity contribution is 0.107. The second kappa shape index (κ2) is 12.1. The van der Waals surface area contributed by atoms with Gasteiger partial charge in [-0.25, -0.2) is 4.98 Å². The fourth-order valence-electron chi connectivity index (χ4n) is 3.39. The molecule has 0 aliphatic carbocycles. The van der Waals surface area contributed by atoms with Crippen LogP contribution in [0, 0.1) is 0 Å². The average Bonchev–Trinajstić information content (AvgIpc) is 3.23. The molecule has 1 saturated heterocycles. The SMILES string of the molecule is CCN1CCN(C(C)CNC(=NC)NCc2coc(-c3ccccc3)n2)CC1.I. The lowest BCUT2D eigenvalue weighted by atomic mass is 10.2. The van der Waals surface area contributed by atoms with Crippen molar-refractivity contribution in [3.8, 4) is 11.5 Å². The van der Waals surface area contributed by atoms with E-state index < -0.39 is 0 Å². The summed E-state index contributed by atoms with van der Waals surface area (Å²) >= 11 is 0. The van der Waals surface area contributed by atoms with E-state index in [2.05, 4.69) is 44.3 Å². The molecule has 1 aromatic heterocycles. The Morgan fingerprint density at radius 1 is 1.17 bits per heavy atom. The molecule has 0 bridgehead atoms. The maximum atomic E-state index is 5.59. The van der Waals surface area contributed by atoms with Crippen LogP contribution in [0.1, 0.15) is 19.5 Å². The Hall–Kier alpha value is -1.65. The fraction of sp³-hybridized carbons (Fsp3) is 0.524. The van der Waals surface area contributed by atoms with E-state index in [4.69, 9.17) is 4.42 Å². The number of piperazine rings is 1. The highest BCUT2D eigenvalue weighted by Gasteiger charge is 2.20. The highest BCUT2D eigenvalue weighted by molar-refractivity contribution is 14.0. The molecule has 0 amide bonds. The van der Waals surface area contributed by atoms with E-state index in [1.54, 1.807) is 13.3 Å². The largest absolute Gasteiger partial charge is 0.444 e. The lowest BCUT2D eigenvalue weighted by Crippen LogP contribution is -2.53. The summed E-state index contributed by atoms with van der Waals surface area (Å²) < 4.78 is 5.59. The Bertz CT molecular complexity index is 743. The maximum absolute atomic E-state index is 5.59. The van der Waals surface area contributed by atoms with Gasteiger partial charge in [-0.1, -0.05) is 25.1 Å². The predicted molar refractivity (Wildman–Crippen MR) is 129 cm³/mol. The van der Waals surface area contributed by atoms with E-state index in [1.807, 2.05) is 30.3 Å². The van der Waals surface area contributed by atoms with Crippen molar-refractivity contribution in [1.29, 1.82) is 0 Å². The Morgan fingerprint density at radius 3 is 2.55 bits per heavy atom. The van der Waals surface area contributed by atoms with Gasteiger partial charge in [-0.05, 0) is 25.6 Å². The quantitative estimate of drug-likeness (QED) is 0.338. The van der Waals surface area contributed by atoms with Gasteiger partial charge in [0.15, 0.2) is 5.96 Å². The second-order valence-electron chi connectivity index (χ2n) is 7.14. The van der Waals surface area contributed by atoms with E-state index in [9.17, 15) is 0 Å². The van der Waals surface area contributed by atoms with Crippen LogP contribution in [0.3, 0.4) is 0 Å². The summed E-state index contributed by atoms with van der Waals surface area (Å²) in [5.74, 6) is 1.42. The van der Waals surface area contributed by atoms with Gasteiger partial charge >= 0.3 is 0 Å². The van der Waals surface area contributed by atoms with Crippen molar-refractivity contribution < 1.29 is 4.42 Å². The van der Waals surface area contributed by atoms with E-state index in [0.29, 0.717) is 18.5 Å². The molecule has 0 spiro atoms. The maximum Gasteiger partial charge on any atom is 0.226 e. The Labute approximate surface area is 191 Å². The molecule has 8 heteroatoms. The van der Waals surface area contributed by atoms with Crippen molar-refractivity contribution in [3.63, 3.8) is 0 Å². The highest BCUT2D eigenvalue weighted by atomic mass is 127. The Balaban J connectivity index is 0.00000300. The van der Waals surface area contributed by atoms with Gasteiger partial charge in [-0.2, -0.15) is 0 Å². The zero-order valence-electron chi connectivity index (χ0n) is 17.6. The van der Waals surface area contributed by atoms with Crippen LogP contribution in [0.2, 0.25) is 0 Å². The second-order valence-corrected chi connectivity index (χ2v) is 7.14. The van der Waals surface area contributed by atoms with Crippen LogP contribution < -0.4 is 10.6 Å². The van der Waals surface area contributed by atoms with Gasteiger partial charge in [-0.3, -0.25) is 9.89 Å². The molecule has 2 heterocycles. The number of guanidine groups is 1. The first-order valence-electron chi connectivity index (χ1n) is 10.1. The van der Waals surface area contributed by atoms with Crippen LogP contribution in [0.5, 0.6) is 0 Å². The molecule has 0 radical (unpaired) electrons. The molecule has 2 N–H and O–H groups in total. The number of benzene rings is 1. The first kappa shape index (κ1) is 23.6. The van der Waals surface area contributed by atoms with Gasteiger partial charge in [0.05, 0.1) is 12.2 Å². The normalized spacial score (nSPS) is 16.9. The monoisotopic (exact) mass is 512 g/mol. The number of aromatic nitrogens is 1. The van der Waals surface area contributed by atoms with Crippen LogP contribution in [0.15, 0.2) is 46.0 Å². The first-order chi connectivity index (χ1) is 13.7. The van der Waals surface area contributed by atoms with Crippen LogP contribution in [-0.4, -0.2) is 73.1 Å². The molecule has 1 aliphatic rings. The number of nitrogens with one attached hydrogen (secondary N) is 2. The Kier molecular flexibility index (Phi) is 9.89. The molecule has 1 fully saturated rings. The number of hydrogen-bond acceptors (Lipinski definition) is 5. The summed E-state index contributed by atoms with van der Waals surface area (Å²) in [5, 5.41) is 6.74. The summed E-state index contributed by atoms with van der Waals surface area (Å²) in [6.45, 7) is 11.6. The average molecular weight is 512 g/mol. The molecule has 0 saturated carbocycles. The molecule has 1 atom stereocenters. The fourth-order valence-corrected chi connectivity index (χ4v) is 3.39. The van der Waals surface area contributed by atoms with Crippen molar-refractivity contribution in [2.24, 2.45) is 4.99 Å². The third-order valence-corrected chi connectivity index (χ3v) is 5.28. The standard InChI is InChI=1S/C21H32N6O.HI/c1-4-26-10-12-27(13-11-26)17(2)14-23-21(22-3)24-15-19-16-28-20(25-19)18-8-6-5-7-9-18;/h5-9,16-17H,4,10-15H2,1-3H3,(H2,22,23,24);1H. The van der Waals surface area contributed by atoms with E-state index in [1.165, 1.54) is 0 Å². The van der Waals surface area contributed by atoms with Crippen molar-refractivity contribution in [2.75, 3.05) is 46.3 Å². The number of halogens is 1. The molecule has 7 nitrogen and oxygen atoms in total. The van der Waals surface area contributed by atoms with Crippen molar-refractivity contribution in [1.82, 2.24) is 25.4 Å². The topological polar surface area (TPSA) is 68.9 Å². The summed E-state index contributed by atoms with van der Waals surface area (Å²) in [4.78, 5) is 13.9. The van der Waals surface area contributed by atoms with Crippen molar-refractivity contribution >= 4 is 29.9 Å². The van der Waals surface area contributed by atoms with E-state index >= 15 is 0 Å². The lowest BCUT2D eigenvalue weighted by Gasteiger charge is -2.37. The number of rotatable bonds is 7. The van der Waals surface area contributed by atoms with Crippen molar-refractivity contribution in [3.05, 3.63) is 42.3 Å². The molecular weight excluding hydrogens is 479 g/mol. The summed E-state index contributed by atoms with van der Waals surface area (Å²) in [7, 11) is 1.79. The molecule has 2 aromatic rings. The molecule has 3 rings (SSSR count).